The van der Waals surface area contributed by atoms with E-state index in [4.69, 9.17) is 9.47 Å². The maximum Gasteiger partial charge on any atom is 0.164 e. The second-order valence-electron chi connectivity index (χ2n) is 2.70. The normalized spacial score (nSPS) is 12.3. The summed E-state index contributed by atoms with van der Waals surface area (Å²) >= 11 is 2.35. The van der Waals surface area contributed by atoms with Crippen molar-refractivity contribution in [3.63, 3.8) is 0 Å². The Morgan fingerprint density at radius 3 is 2.38 bits per heavy atom. The van der Waals surface area contributed by atoms with Gasteiger partial charge in [-0.05, 0) is 13.0 Å². The number of hydrogen-bond donors (Lipinski definition) is 0. The molecule has 13 heavy (non-hydrogen) atoms. The molecule has 3 heteroatoms. The lowest BCUT2D eigenvalue weighted by atomic mass is 10.1. The Balaban J connectivity index is 3.19. The van der Waals surface area contributed by atoms with Crippen molar-refractivity contribution in [3.05, 3.63) is 23.8 Å². The lowest BCUT2D eigenvalue weighted by molar-refractivity contribution is 0.352. The summed E-state index contributed by atoms with van der Waals surface area (Å²) in [6.07, 6.45) is 0. The number of methoxy groups -OCH3 is 2. The fraction of sp³-hybridized carbons (Fsp3) is 0.400. The van der Waals surface area contributed by atoms with Gasteiger partial charge in [0, 0.05) is 9.49 Å². The van der Waals surface area contributed by atoms with Crippen LogP contribution in [0.1, 0.15) is 16.4 Å². The van der Waals surface area contributed by atoms with E-state index in [0.717, 1.165) is 11.5 Å². The Morgan fingerprint density at radius 1 is 1.23 bits per heavy atom. The highest BCUT2D eigenvalue weighted by Gasteiger charge is 2.12. The molecule has 0 aliphatic rings. The fourth-order valence-electron chi connectivity index (χ4n) is 1.23. The molecule has 0 aliphatic carbocycles. The van der Waals surface area contributed by atoms with Crippen molar-refractivity contribution in [2.45, 2.75) is 10.8 Å². The second kappa shape index (κ2) is 4.69. The lowest BCUT2D eigenvalue weighted by Gasteiger charge is -2.13. The number of halogens is 1. The molecule has 72 valence electrons. The van der Waals surface area contributed by atoms with E-state index in [9.17, 15) is 0 Å². The molecule has 1 atom stereocenters. The molecule has 0 radical (unpaired) electrons. The maximum absolute atomic E-state index is 5.30. The summed E-state index contributed by atoms with van der Waals surface area (Å²) in [5, 5.41) is 0. The van der Waals surface area contributed by atoms with Gasteiger partial charge in [-0.3, -0.25) is 0 Å². The second-order valence-corrected chi connectivity index (χ2v) is 4.57. The number of rotatable bonds is 3. The zero-order valence-corrected chi connectivity index (χ0v) is 10.2. The first-order valence-electron chi connectivity index (χ1n) is 4.05. The van der Waals surface area contributed by atoms with E-state index in [1.54, 1.807) is 14.2 Å². The summed E-state index contributed by atoms with van der Waals surface area (Å²) in [6, 6.07) is 5.94. The van der Waals surface area contributed by atoms with E-state index >= 15 is 0 Å². The first kappa shape index (κ1) is 10.6. The van der Waals surface area contributed by atoms with Crippen LogP contribution in [0.15, 0.2) is 18.2 Å². The molecule has 1 aromatic rings. The molecule has 0 bridgehead atoms. The van der Waals surface area contributed by atoms with Gasteiger partial charge in [0.1, 0.15) is 0 Å². The molecule has 0 saturated carbocycles. The van der Waals surface area contributed by atoms with Gasteiger partial charge in [0.05, 0.1) is 14.2 Å². The number of alkyl halides is 1. The molecule has 0 aliphatic heterocycles. The number of ether oxygens (including phenoxy) is 2. The van der Waals surface area contributed by atoms with E-state index in [-0.39, 0.29) is 0 Å². The zero-order valence-electron chi connectivity index (χ0n) is 8.00. The summed E-state index contributed by atoms with van der Waals surface area (Å²) in [5.41, 5.74) is 1.17. The average molecular weight is 292 g/mol. The van der Waals surface area contributed by atoms with Gasteiger partial charge in [-0.1, -0.05) is 34.7 Å². The number of para-hydroxylation sites is 1. The van der Waals surface area contributed by atoms with Gasteiger partial charge in [0.2, 0.25) is 0 Å². The number of hydrogen-bond acceptors (Lipinski definition) is 2. The molecular formula is C10H13IO2. The van der Waals surface area contributed by atoms with Crippen LogP contribution in [0, 0.1) is 0 Å². The topological polar surface area (TPSA) is 18.5 Å². The molecule has 0 saturated heterocycles. The first-order chi connectivity index (χ1) is 6.20. The van der Waals surface area contributed by atoms with Crippen molar-refractivity contribution in [1.82, 2.24) is 0 Å². The Labute approximate surface area is 92.4 Å². The zero-order chi connectivity index (χ0) is 9.84. The van der Waals surface area contributed by atoms with Crippen LogP contribution in [0.3, 0.4) is 0 Å². The van der Waals surface area contributed by atoms with Crippen LogP contribution in [0.4, 0.5) is 0 Å². The summed E-state index contributed by atoms with van der Waals surface area (Å²) < 4.78 is 10.9. The molecule has 1 aromatic carbocycles. The van der Waals surface area contributed by atoms with E-state index in [1.807, 2.05) is 12.1 Å². The quantitative estimate of drug-likeness (QED) is 0.629. The molecule has 0 aromatic heterocycles. The third-order valence-corrected chi connectivity index (χ3v) is 2.53. The molecular weight excluding hydrogens is 279 g/mol. The molecule has 0 heterocycles. The van der Waals surface area contributed by atoms with Crippen molar-refractivity contribution in [3.8, 4) is 11.5 Å². The molecule has 1 unspecified atom stereocenters. The van der Waals surface area contributed by atoms with Crippen LogP contribution in [0.2, 0.25) is 0 Å². The smallest absolute Gasteiger partial charge is 0.164 e. The summed E-state index contributed by atoms with van der Waals surface area (Å²) in [4.78, 5) is 0. The monoisotopic (exact) mass is 292 g/mol. The van der Waals surface area contributed by atoms with E-state index < -0.39 is 0 Å². The van der Waals surface area contributed by atoms with Crippen molar-refractivity contribution in [1.29, 1.82) is 0 Å². The van der Waals surface area contributed by atoms with Gasteiger partial charge in [-0.2, -0.15) is 0 Å². The summed E-state index contributed by atoms with van der Waals surface area (Å²) in [6.45, 7) is 2.12. The predicted molar refractivity (Wildman–Crippen MR) is 62.0 cm³/mol. The van der Waals surface area contributed by atoms with E-state index in [0.29, 0.717) is 3.92 Å². The minimum atomic E-state index is 0.419. The van der Waals surface area contributed by atoms with Gasteiger partial charge in [-0.25, -0.2) is 0 Å². The van der Waals surface area contributed by atoms with Gasteiger partial charge >= 0.3 is 0 Å². The van der Waals surface area contributed by atoms with E-state index in [2.05, 4.69) is 35.6 Å². The molecule has 1 rings (SSSR count). The highest BCUT2D eigenvalue weighted by Crippen LogP contribution is 2.37. The minimum absolute atomic E-state index is 0.419. The van der Waals surface area contributed by atoms with Crippen molar-refractivity contribution >= 4 is 22.6 Å². The summed E-state index contributed by atoms with van der Waals surface area (Å²) in [5.74, 6) is 1.63. The number of benzene rings is 1. The molecule has 0 spiro atoms. The predicted octanol–water partition coefficient (Wildman–Crippen LogP) is 3.20. The van der Waals surface area contributed by atoms with Crippen molar-refractivity contribution < 1.29 is 9.47 Å². The SMILES string of the molecule is COc1cccc(C(C)I)c1OC. The van der Waals surface area contributed by atoms with Gasteiger partial charge < -0.3 is 9.47 Å². The highest BCUT2D eigenvalue weighted by molar-refractivity contribution is 14.1. The van der Waals surface area contributed by atoms with Gasteiger partial charge in [-0.15, -0.1) is 0 Å². The van der Waals surface area contributed by atoms with Crippen LogP contribution >= 0.6 is 22.6 Å². The van der Waals surface area contributed by atoms with Gasteiger partial charge in [0.25, 0.3) is 0 Å². The standard InChI is InChI=1S/C10H13IO2/c1-7(11)8-5-4-6-9(12-2)10(8)13-3/h4-7H,1-3H3. The highest BCUT2D eigenvalue weighted by atomic mass is 127. The molecule has 0 amide bonds. The first-order valence-corrected chi connectivity index (χ1v) is 5.30. The molecule has 0 fully saturated rings. The van der Waals surface area contributed by atoms with Crippen LogP contribution < -0.4 is 9.47 Å². The van der Waals surface area contributed by atoms with Crippen molar-refractivity contribution in [2.24, 2.45) is 0 Å². The summed E-state index contributed by atoms with van der Waals surface area (Å²) in [7, 11) is 3.32. The Morgan fingerprint density at radius 2 is 1.92 bits per heavy atom. The average Bonchev–Trinajstić information content (AvgIpc) is 2.16. The Bertz CT molecular complexity index is 284. The maximum atomic E-state index is 5.30. The van der Waals surface area contributed by atoms with Crippen LogP contribution in [-0.4, -0.2) is 14.2 Å². The minimum Gasteiger partial charge on any atom is -0.493 e. The Hall–Kier alpha value is -0.450. The van der Waals surface area contributed by atoms with Gasteiger partial charge in [0.15, 0.2) is 11.5 Å². The van der Waals surface area contributed by atoms with Crippen LogP contribution in [0.25, 0.3) is 0 Å². The van der Waals surface area contributed by atoms with Crippen molar-refractivity contribution in [2.75, 3.05) is 14.2 Å². The fourth-order valence-corrected chi connectivity index (χ4v) is 1.72. The molecule has 0 N–H and O–H groups in total. The largest absolute Gasteiger partial charge is 0.493 e. The molecule has 2 nitrogen and oxygen atoms in total. The lowest BCUT2D eigenvalue weighted by Crippen LogP contribution is -1.95. The Kier molecular flexibility index (Phi) is 3.84. The van der Waals surface area contributed by atoms with Crippen LogP contribution in [0.5, 0.6) is 11.5 Å². The third kappa shape index (κ3) is 2.27. The van der Waals surface area contributed by atoms with E-state index in [1.165, 1.54) is 5.56 Å². The third-order valence-electron chi connectivity index (χ3n) is 1.86. The van der Waals surface area contributed by atoms with Crippen LogP contribution in [-0.2, 0) is 0 Å².